The number of nitrogens with zero attached hydrogens (tertiary/aromatic N) is 2. The zero-order chi connectivity index (χ0) is 20.3. The molecule has 5 aromatic rings. The van der Waals surface area contributed by atoms with Gasteiger partial charge in [0.1, 0.15) is 11.6 Å². The van der Waals surface area contributed by atoms with Gasteiger partial charge in [-0.3, -0.25) is 0 Å². The van der Waals surface area contributed by atoms with Crippen molar-refractivity contribution in [3.05, 3.63) is 96.6 Å². The second-order valence-corrected chi connectivity index (χ2v) is 7.57. The Morgan fingerprint density at radius 3 is 2.50 bits per heavy atom. The third-order valence-electron chi connectivity index (χ3n) is 5.57. The van der Waals surface area contributed by atoms with Crippen LogP contribution in [0.3, 0.4) is 0 Å². The number of hydrogen-bond acceptors (Lipinski definition) is 2. The van der Waals surface area contributed by atoms with Gasteiger partial charge in [0.15, 0.2) is 0 Å². The molecule has 4 aromatic carbocycles. The zero-order valence-electron chi connectivity index (χ0n) is 17.1. The lowest BCUT2D eigenvalue weighted by atomic mass is 10.1. The Hall–Kier alpha value is -3.59. The molecule has 30 heavy (non-hydrogen) atoms. The molecule has 1 heterocycles. The van der Waals surface area contributed by atoms with Gasteiger partial charge < -0.3 is 9.30 Å². The molecule has 1 aromatic heterocycles. The fourth-order valence-corrected chi connectivity index (χ4v) is 4.06. The van der Waals surface area contributed by atoms with E-state index < -0.39 is 0 Å². The van der Waals surface area contributed by atoms with Gasteiger partial charge in [-0.15, -0.1) is 0 Å². The van der Waals surface area contributed by atoms with E-state index in [1.807, 2.05) is 12.1 Å². The molecule has 5 rings (SSSR count). The first-order valence-electron chi connectivity index (χ1n) is 10.4. The third kappa shape index (κ3) is 3.43. The highest BCUT2D eigenvalue weighted by Gasteiger charge is 2.13. The molecule has 0 aliphatic heterocycles. The lowest BCUT2D eigenvalue weighted by molar-refractivity contribution is 0.306. The molecule has 0 radical (unpaired) electrons. The van der Waals surface area contributed by atoms with Crippen LogP contribution in [0, 0.1) is 6.92 Å². The summed E-state index contributed by atoms with van der Waals surface area (Å²) in [5.41, 5.74) is 4.62. The molecule has 0 bridgehead atoms. The van der Waals surface area contributed by atoms with Crippen LogP contribution in [0.1, 0.15) is 12.0 Å². The summed E-state index contributed by atoms with van der Waals surface area (Å²) in [6.07, 6.45) is 0.905. The maximum atomic E-state index is 6.17. The van der Waals surface area contributed by atoms with Crippen LogP contribution in [0.2, 0.25) is 0 Å². The van der Waals surface area contributed by atoms with Crippen molar-refractivity contribution in [2.24, 2.45) is 0 Å². The maximum absolute atomic E-state index is 6.17. The summed E-state index contributed by atoms with van der Waals surface area (Å²) in [6.45, 7) is 3.66. The van der Waals surface area contributed by atoms with E-state index in [9.17, 15) is 0 Å². The van der Waals surface area contributed by atoms with E-state index in [4.69, 9.17) is 9.72 Å². The van der Waals surface area contributed by atoms with Gasteiger partial charge in [-0.2, -0.15) is 0 Å². The van der Waals surface area contributed by atoms with Crippen LogP contribution in [-0.4, -0.2) is 16.2 Å². The molecule has 0 aliphatic carbocycles. The highest BCUT2D eigenvalue weighted by molar-refractivity contribution is 5.88. The summed E-state index contributed by atoms with van der Waals surface area (Å²) < 4.78 is 8.49. The molecular weight excluding hydrogens is 368 g/mol. The van der Waals surface area contributed by atoms with E-state index in [0.717, 1.165) is 35.4 Å². The molecule has 3 heteroatoms. The van der Waals surface area contributed by atoms with Crippen LogP contribution in [0.5, 0.6) is 5.75 Å². The van der Waals surface area contributed by atoms with Crippen LogP contribution in [0.15, 0.2) is 91.0 Å². The number of rotatable bonds is 6. The molecule has 0 N–H and O–H groups in total. The van der Waals surface area contributed by atoms with E-state index in [1.54, 1.807) is 0 Å². The number of aryl methyl sites for hydroxylation is 2. The number of aromatic nitrogens is 2. The Balaban J connectivity index is 1.39. The number of hydrogen-bond donors (Lipinski definition) is 0. The van der Waals surface area contributed by atoms with E-state index in [-0.39, 0.29) is 0 Å². The average Bonchev–Trinajstić information content (AvgIpc) is 3.15. The number of benzene rings is 4. The first-order valence-corrected chi connectivity index (χ1v) is 10.4. The van der Waals surface area contributed by atoms with Gasteiger partial charge in [-0.25, -0.2) is 4.98 Å². The van der Waals surface area contributed by atoms with E-state index in [0.29, 0.717) is 6.61 Å². The molecule has 0 unspecified atom stereocenters. The maximum Gasteiger partial charge on any atom is 0.141 e. The Morgan fingerprint density at radius 2 is 1.57 bits per heavy atom. The van der Waals surface area contributed by atoms with Crippen LogP contribution in [-0.2, 0) is 6.54 Å². The zero-order valence-corrected chi connectivity index (χ0v) is 17.1. The lowest BCUT2D eigenvalue weighted by Crippen LogP contribution is -2.06. The molecule has 148 valence electrons. The summed E-state index contributed by atoms with van der Waals surface area (Å²) >= 11 is 0. The van der Waals surface area contributed by atoms with Crippen molar-refractivity contribution in [3.8, 4) is 17.1 Å². The van der Waals surface area contributed by atoms with Crippen LogP contribution < -0.4 is 4.74 Å². The minimum atomic E-state index is 0.660. The standard InChI is InChI=1S/C27H24N2O/c1-20-10-2-4-13-22(20)27-28-24-15-6-7-16-25(24)29(27)18-9-19-30-26-17-8-12-21-11-3-5-14-23(21)26/h2-8,10-17H,9,18-19H2,1H3. The summed E-state index contributed by atoms with van der Waals surface area (Å²) in [7, 11) is 0. The Bertz CT molecular complexity index is 1310. The summed E-state index contributed by atoms with van der Waals surface area (Å²) in [5.74, 6) is 1.97. The fourth-order valence-electron chi connectivity index (χ4n) is 4.06. The predicted octanol–water partition coefficient (Wildman–Crippen LogP) is 6.63. The molecule has 0 fully saturated rings. The molecule has 0 aliphatic rings. The number of imidazole rings is 1. The minimum Gasteiger partial charge on any atom is -0.493 e. The quantitative estimate of drug-likeness (QED) is 0.303. The van der Waals surface area contributed by atoms with Gasteiger partial charge in [0.05, 0.1) is 17.6 Å². The Labute approximate surface area is 176 Å². The van der Waals surface area contributed by atoms with Gasteiger partial charge in [0.25, 0.3) is 0 Å². The average molecular weight is 393 g/mol. The van der Waals surface area contributed by atoms with Crippen molar-refractivity contribution in [2.45, 2.75) is 19.9 Å². The highest BCUT2D eigenvalue weighted by Crippen LogP contribution is 2.28. The number of ether oxygens (including phenoxy) is 1. The largest absolute Gasteiger partial charge is 0.493 e. The van der Waals surface area contributed by atoms with Crippen molar-refractivity contribution in [3.63, 3.8) is 0 Å². The second-order valence-electron chi connectivity index (χ2n) is 7.57. The van der Waals surface area contributed by atoms with Crippen LogP contribution >= 0.6 is 0 Å². The van der Waals surface area contributed by atoms with Gasteiger partial charge in [0.2, 0.25) is 0 Å². The van der Waals surface area contributed by atoms with Crippen molar-refractivity contribution < 1.29 is 4.74 Å². The van der Waals surface area contributed by atoms with E-state index in [1.165, 1.54) is 22.0 Å². The normalized spacial score (nSPS) is 11.2. The van der Waals surface area contributed by atoms with Crippen LogP contribution in [0.25, 0.3) is 33.2 Å². The van der Waals surface area contributed by atoms with Crippen molar-refractivity contribution >= 4 is 21.8 Å². The third-order valence-corrected chi connectivity index (χ3v) is 5.57. The van der Waals surface area contributed by atoms with Gasteiger partial charge in [-0.05, 0) is 42.5 Å². The first-order chi connectivity index (χ1) is 14.8. The molecule has 0 spiro atoms. The van der Waals surface area contributed by atoms with Crippen molar-refractivity contribution in [1.29, 1.82) is 0 Å². The second kappa shape index (κ2) is 8.03. The minimum absolute atomic E-state index is 0.660. The van der Waals surface area contributed by atoms with Crippen molar-refractivity contribution in [2.75, 3.05) is 6.61 Å². The molecule has 0 saturated heterocycles. The summed E-state index contributed by atoms with van der Waals surface area (Å²) in [4.78, 5) is 4.94. The molecule has 0 amide bonds. The molecular formula is C27H24N2O. The summed E-state index contributed by atoms with van der Waals surface area (Å²) in [5, 5.41) is 2.37. The Kier molecular flexibility index (Phi) is 4.94. The highest BCUT2D eigenvalue weighted by atomic mass is 16.5. The van der Waals surface area contributed by atoms with E-state index >= 15 is 0 Å². The predicted molar refractivity (Wildman–Crippen MR) is 124 cm³/mol. The topological polar surface area (TPSA) is 27.1 Å². The number of para-hydroxylation sites is 2. The monoisotopic (exact) mass is 392 g/mol. The first kappa shape index (κ1) is 18.4. The van der Waals surface area contributed by atoms with Gasteiger partial charge in [-0.1, -0.05) is 72.8 Å². The lowest BCUT2D eigenvalue weighted by Gasteiger charge is -2.13. The van der Waals surface area contributed by atoms with Gasteiger partial charge in [0, 0.05) is 17.5 Å². The van der Waals surface area contributed by atoms with Gasteiger partial charge >= 0.3 is 0 Å². The SMILES string of the molecule is Cc1ccccc1-c1nc2ccccc2n1CCCOc1cccc2ccccc12. The van der Waals surface area contributed by atoms with Crippen LogP contribution in [0.4, 0.5) is 0 Å². The molecule has 0 atom stereocenters. The summed E-state index contributed by atoms with van der Waals surface area (Å²) in [6, 6.07) is 31.4. The number of fused-ring (bicyclic) bond motifs is 2. The fraction of sp³-hybridized carbons (Fsp3) is 0.148. The Morgan fingerprint density at radius 1 is 0.800 bits per heavy atom. The van der Waals surface area contributed by atoms with E-state index in [2.05, 4.69) is 90.4 Å². The molecule has 0 saturated carbocycles. The molecule has 3 nitrogen and oxygen atoms in total. The van der Waals surface area contributed by atoms with Crippen molar-refractivity contribution in [1.82, 2.24) is 9.55 Å². The smallest absolute Gasteiger partial charge is 0.141 e.